The maximum Gasteiger partial charge on any atom is 0.498 e. The minimum atomic E-state index is -5.98. The second-order valence-corrected chi connectivity index (χ2v) is 12.5. The molecule has 0 spiro atoms. The highest BCUT2D eigenvalue weighted by atomic mass is 35.5. The summed E-state index contributed by atoms with van der Waals surface area (Å²) in [5.41, 5.74) is 4.13. The zero-order chi connectivity index (χ0) is 31.5. The van der Waals surface area contributed by atoms with E-state index < -0.39 is 39.2 Å². The summed E-state index contributed by atoms with van der Waals surface area (Å²) >= 11 is 12.4. The Morgan fingerprint density at radius 2 is 1.65 bits per heavy atom. The number of rotatable bonds is 11. The van der Waals surface area contributed by atoms with Gasteiger partial charge in [-0.05, 0) is 53.9 Å². The summed E-state index contributed by atoms with van der Waals surface area (Å²) in [6.45, 7) is 2.75. The highest BCUT2D eigenvalue weighted by Crippen LogP contribution is 2.32. The number of aromatic nitrogens is 2. The third-order valence-corrected chi connectivity index (χ3v) is 8.95. The number of hydrogen-bond acceptors (Lipinski definition) is 6. The number of halogens is 5. The number of imidazole rings is 1. The van der Waals surface area contributed by atoms with Gasteiger partial charge in [-0.3, -0.25) is 10.5 Å². The molecule has 2 atom stereocenters. The molecule has 0 fully saturated rings. The molecule has 2 unspecified atom stereocenters. The number of nitrogens with zero attached hydrogens (tertiary/aromatic N) is 2. The number of benzene rings is 3. The molecule has 1 heterocycles. The van der Waals surface area contributed by atoms with Crippen molar-refractivity contribution in [3.63, 3.8) is 0 Å². The van der Waals surface area contributed by atoms with Crippen molar-refractivity contribution in [1.29, 1.82) is 0 Å². The molecule has 0 radical (unpaired) electrons. The van der Waals surface area contributed by atoms with Crippen LogP contribution in [0, 0.1) is 0 Å². The van der Waals surface area contributed by atoms with Gasteiger partial charge in [-0.1, -0.05) is 59.6 Å². The molecule has 4 aromatic rings. The summed E-state index contributed by atoms with van der Waals surface area (Å²) in [5.74, 6) is -1.17. The van der Waals surface area contributed by atoms with Gasteiger partial charge in [0.05, 0.1) is 10.7 Å². The second-order valence-electron chi connectivity index (χ2n) is 9.56. The topological polar surface area (TPSA) is 125 Å². The number of carbonyl (C=O) groups is 1. The van der Waals surface area contributed by atoms with Gasteiger partial charge in [0.25, 0.3) is 9.84 Å². The molecule has 0 bridgehead atoms. The highest BCUT2D eigenvalue weighted by Gasteiger charge is 2.54. The van der Waals surface area contributed by atoms with E-state index in [9.17, 15) is 26.4 Å². The van der Waals surface area contributed by atoms with Gasteiger partial charge in [-0.2, -0.15) is 13.2 Å². The number of nitrogens with two attached hydrogens (primary N) is 1. The highest BCUT2D eigenvalue weighted by molar-refractivity contribution is 7.93. The van der Waals surface area contributed by atoms with Crippen LogP contribution < -0.4 is 10.5 Å². The third kappa shape index (κ3) is 7.50. The second kappa shape index (κ2) is 13.0. The Balaban J connectivity index is 1.42. The first-order valence-corrected chi connectivity index (χ1v) is 15.2. The predicted molar refractivity (Wildman–Crippen MR) is 158 cm³/mol. The van der Waals surface area contributed by atoms with Gasteiger partial charge in [-0.15, -0.1) is 0 Å². The number of carboxylic acids is 1. The van der Waals surface area contributed by atoms with Crippen molar-refractivity contribution in [1.82, 2.24) is 9.55 Å². The van der Waals surface area contributed by atoms with Gasteiger partial charge in [0.15, 0.2) is 5.25 Å². The lowest BCUT2D eigenvalue weighted by atomic mass is 10.0. The van der Waals surface area contributed by atoms with Gasteiger partial charge in [0.2, 0.25) is 0 Å². The van der Waals surface area contributed by atoms with Crippen LogP contribution in [0.3, 0.4) is 0 Å². The Kier molecular flexibility index (Phi) is 9.75. The lowest BCUT2D eigenvalue weighted by Crippen LogP contribution is -2.44. The predicted octanol–water partition coefficient (Wildman–Crippen LogP) is 6.58. The summed E-state index contributed by atoms with van der Waals surface area (Å²) in [5, 5.41) is 7.30. The fourth-order valence-electron chi connectivity index (χ4n) is 4.38. The lowest BCUT2D eigenvalue weighted by molar-refractivity contribution is -0.137. The third-order valence-electron chi connectivity index (χ3n) is 6.62. The lowest BCUT2D eigenvalue weighted by Gasteiger charge is -2.20. The van der Waals surface area contributed by atoms with Gasteiger partial charge in [0.1, 0.15) is 17.8 Å². The number of ether oxygens (including phenoxy) is 1. The zero-order valence-electron chi connectivity index (χ0n) is 22.6. The van der Waals surface area contributed by atoms with Crippen molar-refractivity contribution in [2.75, 3.05) is 0 Å². The van der Waals surface area contributed by atoms with Crippen LogP contribution in [0.5, 0.6) is 5.75 Å². The molecule has 3 aromatic carbocycles. The van der Waals surface area contributed by atoms with Gasteiger partial charge >= 0.3 is 11.5 Å². The van der Waals surface area contributed by atoms with Crippen molar-refractivity contribution in [3.05, 3.63) is 94.4 Å². The molecular formula is C29H26Cl2F3N3O5S. The van der Waals surface area contributed by atoms with E-state index in [1.54, 1.807) is 24.3 Å². The quantitative estimate of drug-likeness (QED) is 0.175. The molecular weight excluding hydrogens is 630 g/mol. The van der Waals surface area contributed by atoms with E-state index in [1.165, 1.54) is 12.1 Å². The minimum absolute atomic E-state index is 0.129. The van der Waals surface area contributed by atoms with Crippen LogP contribution in [-0.2, 0) is 27.6 Å². The number of aliphatic carboxylic acids is 1. The van der Waals surface area contributed by atoms with Crippen LogP contribution in [0.25, 0.3) is 22.4 Å². The average Bonchev–Trinajstić information content (AvgIpc) is 3.34. The maximum atomic E-state index is 12.8. The van der Waals surface area contributed by atoms with Crippen molar-refractivity contribution in [3.8, 4) is 28.1 Å². The van der Waals surface area contributed by atoms with E-state index in [-0.39, 0.29) is 5.75 Å². The Morgan fingerprint density at radius 1 is 1.05 bits per heavy atom. The monoisotopic (exact) mass is 655 g/mol. The molecule has 43 heavy (non-hydrogen) atoms. The normalized spacial score (nSPS) is 13.5. The summed E-state index contributed by atoms with van der Waals surface area (Å²) in [7, 11) is -5.98. The molecule has 3 N–H and O–H groups in total. The van der Waals surface area contributed by atoms with Crippen LogP contribution in [0.4, 0.5) is 13.2 Å². The molecule has 8 nitrogen and oxygen atoms in total. The van der Waals surface area contributed by atoms with Crippen LogP contribution >= 0.6 is 23.2 Å². The first-order valence-electron chi connectivity index (χ1n) is 12.9. The van der Waals surface area contributed by atoms with Crippen LogP contribution in [-0.4, -0.2) is 46.0 Å². The molecule has 0 saturated carbocycles. The van der Waals surface area contributed by atoms with E-state index >= 15 is 0 Å². The average molecular weight is 657 g/mol. The van der Waals surface area contributed by atoms with Crippen LogP contribution in [0.2, 0.25) is 10.0 Å². The zero-order valence-corrected chi connectivity index (χ0v) is 24.9. The van der Waals surface area contributed by atoms with Gasteiger partial charge in [-0.25, -0.2) is 13.4 Å². The standard InChI is InChI=1S/C29H26Cl2F3N3O5S/c1-2-37-16-24(22-12-9-20(30)14-23(22)31)36-27(37)13-17-3-5-18(6-4-17)19-7-10-21(11-8-19)42-26(35)15-25(28(38)39)43(40,41)29(32,33)34/h3-12,14,16,25-26H,2,13,15,35H2,1H3,(H,38,39). The first kappa shape index (κ1) is 32.3. The fraction of sp³-hybridized carbons (Fsp3) is 0.241. The number of sulfone groups is 1. The van der Waals surface area contributed by atoms with E-state index in [0.717, 1.165) is 40.3 Å². The molecule has 4 rings (SSSR count). The van der Waals surface area contributed by atoms with E-state index in [1.807, 2.05) is 43.5 Å². The molecule has 0 saturated heterocycles. The number of hydrogen-bond donors (Lipinski definition) is 2. The SMILES string of the molecule is CCn1cc(-c2ccc(Cl)cc2Cl)nc1Cc1ccc(-c2ccc(OC(N)CC(C(=O)O)S(=O)(=O)C(F)(F)F)cc2)cc1. The van der Waals surface area contributed by atoms with Gasteiger partial charge < -0.3 is 14.4 Å². The number of carboxylic acid groups (broad SMARTS) is 1. The molecule has 1 aromatic heterocycles. The number of alkyl halides is 3. The first-order chi connectivity index (χ1) is 20.2. The molecule has 228 valence electrons. The summed E-state index contributed by atoms with van der Waals surface area (Å²) in [4.78, 5) is 16.0. The smallest absolute Gasteiger partial charge is 0.480 e. The largest absolute Gasteiger partial charge is 0.498 e. The molecule has 14 heteroatoms. The summed E-state index contributed by atoms with van der Waals surface area (Å²) in [6, 6.07) is 19.4. The Hall–Kier alpha value is -3.58. The van der Waals surface area contributed by atoms with E-state index in [0.29, 0.717) is 16.5 Å². The van der Waals surface area contributed by atoms with Crippen LogP contribution in [0.1, 0.15) is 24.7 Å². The van der Waals surface area contributed by atoms with E-state index in [2.05, 4.69) is 4.57 Å². The fourth-order valence-corrected chi connectivity index (χ4v) is 5.91. The van der Waals surface area contributed by atoms with Crippen molar-refractivity contribution >= 4 is 39.0 Å². The molecule has 0 aliphatic heterocycles. The maximum absolute atomic E-state index is 12.8. The Morgan fingerprint density at radius 3 is 2.19 bits per heavy atom. The van der Waals surface area contributed by atoms with E-state index in [4.69, 9.17) is 43.8 Å². The summed E-state index contributed by atoms with van der Waals surface area (Å²) in [6.07, 6.45) is -0.183. The van der Waals surface area contributed by atoms with Gasteiger partial charge in [0, 0.05) is 36.2 Å². The van der Waals surface area contributed by atoms with Crippen molar-refractivity contribution in [2.45, 2.75) is 43.3 Å². The Bertz CT molecular complexity index is 1710. The van der Waals surface area contributed by atoms with Crippen molar-refractivity contribution < 1.29 is 36.2 Å². The summed E-state index contributed by atoms with van der Waals surface area (Å²) < 4.78 is 69.1. The molecule has 0 amide bonds. The van der Waals surface area contributed by atoms with Crippen molar-refractivity contribution in [2.24, 2.45) is 5.73 Å². The number of aryl methyl sites for hydroxylation is 1. The molecule has 0 aliphatic carbocycles. The Labute approximate surface area is 255 Å². The van der Waals surface area contributed by atoms with Crippen LogP contribution in [0.15, 0.2) is 72.9 Å². The molecule has 0 aliphatic rings. The minimum Gasteiger partial charge on any atom is -0.480 e.